The van der Waals surface area contributed by atoms with Crippen molar-refractivity contribution in [3.05, 3.63) is 30.3 Å². The molecule has 1 aromatic rings. The SMILES string of the molecule is CC[C@@H]1SC(=Nc2ccccc2)NC1=O. The van der Waals surface area contributed by atoms with Crippen molar-refractivity contribution in [2.75, 3.05) is 0 Å². The third kappa shape index (κ3) is 2.39. The molecule has 1 aromatic carbocycles. The zero-order chi connectivity index (χ0) is 10.7. The molecule has 1 heterocycles. The number of aliphatic imine (C=N–C) groups is 1. The summed E-state index contributed by atoms with van der Waals surface area (Å²) in [6, 6.07) is 9.63. The lowest BCUT2D eigenvalue weighted by atomic mass is 10.3. The Morgan fingerprint density at radius 3 is 2.73 bits per heavy atom. The van der Waals surface area contributed by atoms with Crippen LogP contribution in [0, 0.1) is 0 Å². The van der Waals surface area contributed by atoms with Gasteiger partial charge >= 0.3 is 0 Å². The molecule has 0 spiro atoms. The van der Waals surface area contributed by atoms with E-state index in [1.54, 1.807) is 0 Å². The summed E-state index contributed by atoms with van der Waals surface area (Å²) in [7, 11) is 0. The molecule has 15 heavy (non-hydrogen) atoms. The fraction of sp³-hybridized carbons (Fsp3) is 0.273. The Morgan fingerprint density at radius 2 is 2.13 bits per heavy atom. The molecule has 1 atom stereocenters. The first kappa shape index (κ1) is 10.2. The molecule has 1 aliphatic rings. The van der Waals surface area contributed by atoms with Crippen LogP contribution in [0.5, 0.6) is 0 Å². The lowest BCUT2D eigenvalue weighted by Crippen LogP contribution is -2.24. The molecule has 1 saturated heterocycles. The van der Waals surface area contributed by atoms with Crippen LogP contribution in [0.2, 0.25) is 0 Å². The third-order valence-corrected chi connectivity index (χ3v) is 3.38. The van der Waals surface area contributed by atoms with Gasteiger partial charge in [0.15, 0.2) is 5.17 Å². The number of hydrogen-bond donors (Lipinski definition) is 1. The van der Waals surface area contributed by atoms with Crippen LogP contribution in [0.1, 0.15) is 13.3 Å². The monoisotopic (exact) mass is 220 g/mol. The normalized spacial score (nSPS) is 23.1. The number of hydrogen-bond acceptors (Lipinski definition) is 3. The fourth-order valence-corrected chi connectivity index (χ4v) is 2.27. The molecule has 0 unspecified atom stereocenters. The van der Waals surface area contributed by atoms with Gasteiger partial charge in [-0.15, -0.1) is 0 Å². The first-order valence-electron chi connectivity index (χ1n) is 4.91. The quantitative estimate of drug-likeness (QED) is 0.831. The molecule has 0 radical (unpaired) electrons. The molecular formula is C11H12N2OS. The summed E-state index contributed by atoms with van der Waals surface area (Å²) in [5.74, 6) is 0.0668. The third-order valence-electron chi connectivity index (χ3n) is 2.13. The lowest BCUT2D eigenvalue weighted by molar-refractivity contribution is -0.118. The number of carbonyl (C=O) groups is 1. The highest BCUT2D eigenvalue weighted by atomic mass is 32.2. The standard InChI is InChI=1S/C11H12N2OS/c1-2-9-10(14)13-11(15-9)12-8-6-4-3-5-7-8/h3-7,9H,2H2,1H3,(H,12,13,14)/t9-/m0/s1. The maximum Gasteiger partial charge on any atom is 0.239 e. The van der Waals surface area contributed by atoms with E-state index in [0.29, 0.717) is 5.17 Å². The molecule has 4 heteroatoms. The van der Waals surface area contributed by atoms with Crippen LogP contribution in [0.3, 0.4) is 0 Å². The second kappa shape index (κ2) is 4.49. The Kier molecular flexibility index (Phi) is 3.06. The van der Waals surface area contributed by atoms with E-state index in [0.717, 1.165) is 12.1 Å². The highest BCUT2D eigenvalue weighted by Crippen LogP contribution is 2.24. The summed E-state index contributed by atoms with van der Waals surface area (Å²) in [5, 5.41) is 3.50. The van der Waals surface area contributed by atoms with Gasteiger partial charge in [-0.2, -0.15) is 0 Å². The average molecular weight is 220 g/mol. The molecule has 1 amide bonds. The topological polar surface area (TPSA) is 41.5 Å². The minimum Gasteiger partial charge on any atom is -0.304 e. The van der Waals surface area contributed by atoms with Crippen molar-refractivity contribution in [1.82, 2.24) is 5.32 Å². The Labute approximate surface area is 93.0 Å². The fourth-order valence-electron chi connectivity index (χ4n) is 1.35. The minimum absolute atomic E-state index is 0.0208. The average Bonchev–Trinajstić information content (AvgIpc) is 2.60. The van der Waals surface area contributed by atoms with Gasteiger partial charge in [0.2, 0.25) is 5.91 Å². The Balaban J connectivity index is 2.14. The van der Waals surface area contributed by atoms with E-state index in [1.165, 1.54) is 11.8 Å². The molecule has 3 nitrogen and oxygen atoms in total. The smallest absolute Gasteiger partial charge is 0.239 e. The highest BCUT2D eigenvalue weighted by molar-refractivity contribution is 8.15. The van der Waals surface area contributed by atoms with Crippen LogP contribution in [0.25, 0.3) is 0 Å². The van der Waals surface area contributed by atoms with Crippen molar-refractivity contribution in [2.24, 2.45) is 4.99 Å². The summed E-state index contributed by atoms with van der Waals surface area (Å²) in [6.45, 7) is 2.00. The second-order valence-corrected chi connectivity index (χ2v) is 4.45. The largest absolute Gasteiger partial charge is 0.304 e. The summed E-state index contributed by atoms with van der Waals surface area (Å²) in [4.78, 5) is 15.7. The van der Waals surface area contributed by atoms with E-state index in [9.17, 15) is 4.79 Å². The number of benzene rings is 1. The van der Waals surface area contributed by atoms with Crippen LogP contribution >= 0.6 is 11.8 Å². The second-order valence-electron chi connectivity index (χ2n) is 3.26. The van der Waals surface area contributed by atoms with Gasteiger partial charge in [0.25, 0.3) is 0 Å². The molecule has 0 saturated carbocycles. The Bertz CT molecular complexity index is 389. The predicted octanol–water partition coefficient (Wildman–Crippen LogP) is 2.32. The van der Waals surface area contributed by atoms with Crippen LogP contribution in [0.15, 0.2) is 35.3 Å². The van der Waals surface area contributed by atoms with Gasteiger partial charge in [-0.05, 0) is 18.6 Å². The first-order chi connectivity index (χ1) is 7.29. The number of nitrogens with one attached hydrogen (secondary N) is 1. The number of amidine groups is 1. The summed E-state index contributed by atoms with van der Waals surface area (Å²) < 4.78 is 0. The van der Waals surface area contributed by atoms with Crippen molar-refractivity contribution >= 4 is 28.5 Å². The highest BCUT2D eigenvalue weighted by Gasteiger charge is 2.28. The van der Waals surface area contributed by atoms with E-state index in [-0.39, 0.29) is 11.2 Å². The number of thioether (sulfide) groups is 1. The summed E-state index contributed by atoms with van der Waals surface area (Å²) in [5.41, 5.74) is 0.872. The van der Waals surface area contributed by atoms with Gasteiger partial charge in [0, 0.05) is 0 Å². The Hall–Kier alpha value is -1.29. The number of para-hydroxylation sites is 1. The summed E-state index contributed by atoms with van der Waals surface area (Å²) in [6.07, 6.45) is 0.838. The van der Waals surface area contributed by atoms with Crippen molar-refractivity contribution in [1.29, 1.82) is 0 Å². The molecule has 0 aliphatic carbocycles. The van der Waals surface area contributed by atoms with Gasteiger partial charge in [0.05, 0.1) is 10.9 Å². The van der Waals surface area contributed by atoms with E-state index in [1.807, 2.05) is 37.3 Å². The van der Waals surface area contributed by atoms with Gasteiger partial charge in [-0.1, -0.05) is 36.9 Å². The van der Waals surface area contributed by atoms with Crippen LogP contribution in [-0.4, -0.2) is 16.3 Å². The molecule has 0 aromatic heterocycles. The van der Waals surface area contributed by atoms with Crippen molar-refractivity contribution in [3.63, 3.8) is 0 Å². The molecule has 78 valence electrons. The zero-order valence-corrected chi connectivity index (χ0v) is 9.25. The molecule has 0 bridgehead atoms. The maximum atomic E-state index is 11.4. The van der Waals surface area contributed by atoms with Gasteiger partial charge in [-0.25, -0.2) is 4.99 Å². The van der Waals surface area contributed by atoms with Gasteiger partial charge < -0.3 is 5.32 Å². The van der Waals surface area contributed by atoms with E-state index >= 15 is 0 Å². The van der Waals surface area contributed by atoms with Crippen LogP contribution in [0.4, 0.5) is 5.69 Å². The minimum atomic E-state index is 0.0208. The van der Waals surface area contributed by atoms with Crippen LogP contribution in [-0.2, 0) is 4.79 Å². The number of carbonyl (C=O) groups excluding carboxylic acids is 1. The maximum absolute atomic E-state index is 11.4. The molecule has 1 aliphatic heterocycles. The first-order valence-corrected chi connectivity index (χ1v) is 5.79. The summed E-state index contributed by atoms with van der Waals surface area (Å²) >= 11 is 1.50. The van der Waals surface area contributed by atoms with Crippen molar-refractivity contribution in [2.45, 2.75) is 18.6 Å². The molecule has 2 rings (SSSR count). The van der Waals surface area contributed by atoms with Crippen molar-refractivity contribution in [3.8, 4) is 0 Å². The lowest BCUT2D eigenvalue weighted by Gasteiger charge is -1.96. The number of amides is 1. The number of nitrogens with zero attached hydrogens (tertiary/aromatic N) is 1. The molecule has 1 N–H and O–H groups in total. The van der Waals surface area contributed by atoms with E-state index < -0.39 is 0 Å². The van der Waals surface area contributed by atoms with Crippen molar-refractivity contribution < 1.29 is 4.79 Å². The van der Waals surface area contributed by atoms with E-state index in [2.05, 4.69) is 10.3 Å². The predicted molar refractivity (Wildman–Crippen MR) is 63.3 cm³/mol. The number of rotatable bonds is 2. The molecular weight excluding hydrogens is 208 g/mol. The van der Waals surface area contributed by atoms with E-state index in [4.69, 9.17) is 0 Å². The zero-order valence-electron chi connectivity index (χ0n) is 8.43. The van der Waals surface area contributed by atoms with Crippen LogP contribution < -0.4 is 5.32 Å². The van der Waals surface area contributed by atoms with Gasteiger partial charge in [-0.3, -0.25) is 4.79 Å². The molecule has 1 fully saturated rings. The van der Waals surface area contributed by atoms with Gasteiger partial charge in [0.1, 0.15) is 0 Å². The Morgan fingerprint density at radius 1 is 1.40 bits per heavy atom.